The molecule has 1 amide bonds. The van der Waals surface area contributed by atoms with E-state index >= 15 is 0 Å². The quantitative estimate of drug-likeness (QED) is 0.594. The molecule has 0 radical (unpaired) electrons. The minimum absolute atomic E-state index is 0.0480. The topological polar surface area (TPSA) is 72.6 Å². The molecule has 1 atom stereocenters. The molecule has 0 spiro atoms. The molecule has 28 heavy (non-hydrogen) atoms. The molecule has 0 aliphatic heterocycles. The predicted molar refractivity (Wildman–Crippen MR) is 109 cm³/mol. The van der Waals surface area contributed by atoms with Gasteiger partial charge in [0.15, 0.2) is 11.5 Å². The third-order valence-corrected chi connectivity index (χ3v) is 4.75. The molecule has 1 unspecified atom stereocenters. The number of hydrogen-bond donors (Lipinski definition) is 2. The van der Waals surface area contributed by atoms with E-state index in [1.165, 1.54) is 0 Å². The number of amides is 1. The van der Waals surface area contributed by atoms with Crippen molar-refractivity contribution in [2.24, 2.45) is 0 Å². The smallest absolute Gasteiger partial charge is 0.246 e. The highest BCUT2D eigenvalue weighted by molar-refractivity contribution is 5.84. The van der Waals surface area contributed by atoms with Crippen molar-refractivity contribution in [3.63, 3.8) is 0 Å². The summed E-state index contributed by atoms with van der Waals surface area (Å²) in [6.07, 6.45) is 1.99. The summed E-state index contributed by atoms with van der Waals surface area (Å²) in [5.74, 6) is 1.06. The maximum Gasteiger partial charge on any atom is 0.246 e. The molecule has 148 valence electrons. The maximum absolute atomic E-state index is 12.1. The van der Waals surface area contributed by atoms with Crippen molar-refractivity contribution in [2.45, 2.75) is 12.8 Å². The van der Waals surface area contributed by atoms with E-state index in [2.05, 4.69) is 16.4 Å². The summed E-state index contributed by atoms with van der Waals surface area (Å²) in [6.45, 7) is 2.83. The van der Waals surface area contributed by atoms with Crippen molar-refractivity contribution in [3.8, 4) is 11.5 Å². The van der Waals surface area contributed by atoms with Crippen LogP contribution in [-0.2, 0) is 9.53 Å². The summed E-state index contributed by atoms with van der Waals surface area (Å²) in [5.41, 5.74) is 3.08. The van der Waals surface area contributed by atoms with E-state index in [9.17, 15) is 4.79 Å². The van der Waals surface area contributed by atoms with Crippen LogP contribution in [0.2, 0.25) is 0 Å². The Morgan fingerprint density at radius 2 is 1.89 bits per heavy atom. The fraction of sp³-hybridized carbons (Fsp3) is 0.318. The van der Waals surface area contributed by atoms with Crippen LogP contribution in [0.15, 0.2) is 48.7 Å². The van der Waals surface area contributed by atoms with Gasteiger partial charge in [0.1, 0.15) is 6.61 Å². The molecule has 0 bridgehead atoms. The Kier molecular flexibility index (Phi) is 6.55. The molecular weight excluding hydrogens is 356 g/mol. The third-order valence-electron chi connectivity index (χ3n) is 4.75. The number of aromatic nitrogens is 1. The van der Waals surface area contributed by atoms with Crippen LogP contribution in [0.25, 0.3) is 10.9 Å². The Balaban J connectivity index is 2.01. The van der Waals surface area contributed by atoms with Gasteiger partial charge in [0.05, 0.1) is 14.2 Å². The van der Waals surface area contributed by atoms with E-state index < -0.39 is 0 Å². The third kappa shape index (κ3) is 4.12. The molecule has 0 saturated heterocycles. The first-order valence-electron chi connectivity index (χ1n) is 9.30. The van der Waals surface area contributed by atoms with Crippen LogP contribution < -0.4 is 14.8 Å². The number of aromatic amines is 1. The highest BCUT2D eigenvalue weighted by atomic mass is 16.5. The van der Waals surface area contributed by atoms with Crippen molar-refractivity contribution in [1.82, 2.24) is 10.3 Å². The molecule has 1 aromatic heterocycles. The number of H-pyrrole nitrogens is 1. The molecule has 6 nitrogen and oxygen atoms in total. The first-order chi connectivity index (χ1) is 13.7. The Morgan fingerprint density at radius 1 is 1.07 bits per heavy atom. The fourth-order valence-corrected chi connectivity index (χ4v) is 3.42. The summed E-state index contributed by atoms with van der Waals surface area (Å²) in [7, 11) is 3.24. The van der Waals surface area contributed by atoms with Gasteiger partial charge < -0.3 is 24.5 Å². The molecule has 0 fully saturated rings. The van der Waals surface area contributed by atoms with Gasteiger partial charge in [-0.2, -0.15) is 0 Å². The van der Waals surface area contributed by atoms with Crippen LogP contribution in [0.5, 0.6) is 11.5 Å². The average molecular weight is 382 g/mol. The zero-order valence-electron chi connectivity index (χ0n) is 16.5. The number of benzene rings is 2. The standard InChI is InChI=1S/C22H26N2O4/c1-4-28-14-21(25)24-13-18(16-9-7-11-20(26-2)22(16)27-3)17-12-23-19-10-6-5-8-15(17)19/h5-12,18,23H,4,13-14H2,1-3H3,(H,24,25). The second-order valence-electron chi connectivity index (χ2n) is 6.37. The average Bonchev–Trinajstić information content (AvgIpc) is 3.16. The number of hydrogen-bond acceptors (Lipinski definition) is 4. The number of carbonyl (C=O) groups is 1. The monoisotopic (exact) mass is 382 g/mol. The lowest BCUT2D eigenvalue weighted by Gasteiger charge is -2.22. The summed E-state index contributed by atoms with van der Waals surface area (Å²) >= 11 is 0. The first kappa shape index (κ1) is 19.8. The zero-order valence-corrected chi connectivity index (χ0v) is 16.5. The Morgan fingerprint density at radius 3 is 2.64 bits per heavy atom. The predicted octanol–water partition coefficient (Wildman–Crippen LogP) is 3.47. The highest BCUT2D eigenvalue weighted by Gasteiger charge is 2.24. The second kappa shape index (κ2) is 9.28. The van der Waals surface area contributed by atoms with Gasteiger partial charge in [-0.1, -0.05) is 30.3 Å². The SMILES string of the molecule is CCOCC(=O)NCC(c1cccc(OC)c1OC)c1c[nH]c2ccccc12. The number of carbonyl (C=O) groups excluding carboxylic acids is 1. The van der Waals surface area contributed by atoms with Gasteiger partial charge in [0.2, 0.25) is 5.91 Å². The largest absolute Gasteiger partial charge is 0.493 e. The summed E-state index contributed by atoms with van der Waals surface area (Å²) in [4.78, 5) is 15.5. The Bertz CT molecular complexity index is 935. The molecule has 0 aliphatic rings. The second-order valence-corrected chi connectivity index (χ2v) is 6.37. The fourth-order valence-electron chi connectivity index (χ4n) is 3.42. The number of rotatable bonds is 9. The van der Waals surface area contributed by atoms with E-state index in [1.807, 2.05) is 49.5 Å². The van der Waals surface area contributed by atoms with Crippen molar-refractivity contribution < 1.29 is 19.0 Å². The number of methoxy groups -OCH3 is 2. The molecular formula is C22H26N2O4. The summed E-state index contributed by atoms with van der Waals surface area (Å²) < 4.78 is 16.3. The van der Waals surface area contributed by atoms with Gasteiger partial charge >= 0.3 is 0 Å². The van der Waals surface area contributed by atoms with Gasteiger partial charge in [-0.25, -0.2) is 0 Å². The van der Waals surface area contributed by atoms with Crippen molar-refractivity contribution in [1.29, 1.82) is 0 Å². The molecule has 3 rings (SSSR count). The van der Waals surface area contributed by atoms with Crippen LogP contribution in [0.4, 0.5) is 0 Å². The zero-order chi connectivity index (χ0) is 19.9. The minimum atomic E-state index is -0.145. The molecule has 6 heteroatoms. The van der Waals surface area contributed by atoms with Crippen LogP contribution in [-0.4, -0.2) is 44.9 Å². The Hall–Kier alpha value is -2.99. The molecule has 2 aromatic carbocycles. The van der Waals surface area contributed by atoms with Gasteiger partial charge in [-0.3, -0.25) is 4.79 Å². The summed E-state index contributed by atoms with van der Waals surface area (Å²) in [5, 5.41) is 4.09. The summed E-state index contributed by atoms with van der Waals surface area (Å²) in [6, 6.07) is 13.9. The molecule has 0 saturated carbocycles. The lowest BCUT2D eigenvalue weighted by Crippen LogP contribution is -2.32. The first-order valence-corrected chi connectivity index (χ1v) is 9.30. The number of para-hydroxylation sites is 2. The van der Waals surface area contributed by atoms with Crippen LogP contribution >= 0.6 is 0 Å². The van der Waals surface area contributed by atoms with E-state index in [4.69, 9.17) is 14.2 Å². The Labute approximate surface area is 164 Å². The molecule has 2 N–H and O–H groups in total. The van der Waals surface area contributed by atoms with Crippen LogP contribution in [0, 0.1) is 0 Å². The molecule has 1 heterocycles. The lowest BCUT2D eigenvalue weighted by atomic mass is 9.90. The molecule has 3 aromatic rings. The number of ether oxygens (including phenoxy) is 3. The van der Waals surface area contributed by atoms with Crippen molar-refractivity contribution in [3.05, 3.63) is 59.8 Å². The maximum atomic E-state index is 12.1. The van der Waals surface area contributed by atoms with Crippen molar-refractivity contribution >= 4 is 16.8 Å². The van der Waals surface area contributed by atoms with Crippen LogP contribution in [0.3, 0.4) is 0 Å². The van der Waals surface area contributed by atoms with Gasteiger partial charge in [0.25, 0.3) is 0 Å². The van der Waals surface area contributed by atoms with Gasteiger partial charge in [-0.05, 0) is 24.6 Å². The highest BCUT2D eigenvalue weighted by Crippen LogP contribution is 2.40. The van der Waals surface area contributed by atoms with E-state index in [0.717, 1.165) is 22.0 Å². The van der Waals surface area contributed by atoms with E-state index in [-0.39, 0.29) is 18.4 Å². The van der Waals surface area contributed by atoms with E-state index in [1.54, 1.807) is 14.2 Å². The van der Waals surface area contributed by atoms with E-state index in [0.29, 0.717) is 24.7 Å². The minimum Gasteiger partial charge on any atom is -0.493 e. The number of nitrogens with one attached hydrogen (secondary N) is 2. The molecule has 0 aliphatic carbocycles. The van der Waals surface area contributed by atoms with Gasteiger partial charge in [0, 0.05) is 41.7 Å². The normalized spacial score (nSPS) is 12.0. The van der Waals surface area contributed by atoms with Gasteiger partial charge in [-0.15, -0.1) is 0 Å². The van der Waals surface area contributed by atoms with Crippen LogP contribution in [0.1, 0.15) is 24.0 Å². The van der Waals surface area contributed by atoms with Crippen molar-refractivity contribution in [2.75, 3.05) is 34.0 Å². The number of fused-ring (bicyclic) bond motifs is 1. The lowest BCUT2D eigenvalue weighted by molar-refractivity contribution is -0.125.